The Morgan fingerprint density at radius 2 is 1.93 bits per heavy atom. The number of thiocarbonyl (C=S) groups is 1. The van der Waals surface area contributed by atoms with E-state index in [1.165, 1.54) is 18.5 Å². The van der Waals surface area contributed by atoms with Crippen LogP contribution in [0.15, 0.2) is 41.7 Å². The third-order valence-corrected chi connectivity index (χ3v) is 4.91. The Labute approximate surface area is 172 Å². The smallest absolute Gasteiger partial charge is 0.322 e. The van der Waals surface area contributed by atoms with Crippen molar-refractivity contribution >= 4 is 39.2 Å². The van der Waals surface area contributed by atoms with Crippen molar-refractivity contribution in [2.75, 3.05) is 6.54 Å². The topological polar surface area (TPSA) is 179 Å². The monoisotopic (exact) mass is 440 g/mol. The van der Waals surface area contributed by atoms with Crippen molar-refractivity contribution in [2.24, 2.45) is 5.14 Å². The first kappa shape index (κ1) is 22.3. The van der Waals surface area contributed by atoms with E-state index in [1.54, 1.807) is 18.3 Å². The van der Waals surface area contributed by atoms with Crippen LogP contribution in [0.4, 0.5) is 0 Å². The predicted octanol–water partition coefficient (Wildman–Crippen LogP) is -1.17. The van der Waals surface area contributed by atoms with Crippen LogP contribution in [0, 0.1) is 0 Å². The molecule has 2 aromatic rings. The molecule has 156 valence electrons. The molecule has 0 aliphatic heterocycles. The molecule has 0 radical (unpaired) electrons. The fourth-order valence-corrected chi connectivity index (χ4v) is 3.03. The molecule has 0 saturated carbocycles. The van der Waals surface area contributed by atoms with Gasteiger partial charge in [0.25, 0.3) is 0 Å². The van der Waals surface area contributed by atoms with Gasteiger partial charge in [-0.25, -0.2) is 18.5 Å². The van der Waals surface area contributed by atoms with Crippen LogP contribution in [0.3, 0.4) is 0 Å². The molecule has 0 spiro atoms. The molecule has 1 unspecified atom stereocenters. The second-order valence-corrected chi connectivity index (χ2v) is 7.93. The predicted molar refractivity (Wildman–Crippen MR) is 107 cm³/mol. The molecule has 1 heterocycles. The Morgan fingerprint density at radius 3 is 2.48 bits per heavy atom. The van der Waals surface area contributed by atoms with Gasteiger partial charge in [0.1, 0.15) is 12.6 Å². The number of sulfonamides is 1. The third-order valence-electron chi connectivity index (χ3n) is 3.72. The van der Waals surface area contributed by atoms with E-state index < -0.39 is 34.5 Å². The van der Waals surface area contributed by atoms with Crippen molar-refractivity contribution < 1.29 is 23.1 Å². The summed E-state index contributed by atoms with van der Waals surface area (Å²) in [4.78, 5) is 29.7. The second-order valence-electron chi connectivity index (χ2n) is 5.96. The number of benzene rings is 1. The van der Waals surface area contributed by atoms with Crippen molar-refractivity contribution in [3.63, 3.8) is 0 Å². The number of nitrogens with zero attached hydrogens (tertiary/aromatic N) is 1. The number of hydrogen-bond acceptors (Lipinski definition) is 6. The number of aromatic amines is 1. The fourth-order valence-electron chi connectivity index (χ4n) is 2.30. The number of primary sulfonamides is 1. The summed E-state index contributed by atoms with van der Waals surface area (Å²) in [6, 6.07) is 5.08. The minimum absolute atomic E-state index is 0.00308. The van der Waals surface area contributed by atoms with E-state index in [2.05, 4.69) is 25.9 Å². The van der Waals surface area contributed by atoms with Gasteiger partial charge in [-0.2, -0.15) is 0 Å². The molecule has 1 aromatic carbocycles. The summed E-state index contributed by atoms with van der Waals surface area (Å²) in [6.07, 6.45) is 3.21. The molecule has 13 heteroatoms. The van der Waals surface area contributed by atoms with Gasteiger partial charge in [0, 0.05) is 24.9 Å². The lowest BCUT2D eigenvalue weighted by molar-refractivity contribution is -0.138. The maximum atomic E-state index is 12.3. The Balaban J connectivity index is 1.95. The normalized spacial score (nSPS) is 12.0. The van der Waals surface area contributed by atoms with Crippen LogP contribution in [-0.4, -0.2) is 53.1 Å². The molecule has 11 nitrogen and oxygen atoms in total. The van der Waals surface area contributed by atoms with Crippen LogP contribution >= 0.6 is 12.2 Å². The van der Waals surface area contributed by atoms with Gasteiger partial charge in [-0.1, -0.05) is 12.1 Å². The van der Waals surface area contributed by atoms with Gasteiger partial charge in [-0.05, 0) is 29.9 Å². The van der Waals surface area contributed by atoms with Crippen LogP contribution in [0.1, 0.15) is 11.3 Å². The van der Waals surface area contributed by atoms with Crippen molar-refractivity contribution in [2.45, 2.75) is 23.9 Å². The van der Waals surface area contributed by atoms with Gasteiger partial charge in [0.05, 0.1) is 11.2 Å². The molecule has 0 aliphatic rings. The van der Waals surface area contributed by atoms with E-state index in [0.717, 1.165) is 5.56 Å². The zero-order valence-electron chi connectivity index (χ0n) is 15.1. The zero-order valence-corrected chi connectivity index (χ0v) is 16.7. The minimum Gasteiger partial charge on any atom is -0.480 e. The quantitative estimate of drug-likeness (QED) is 0.262. The first-order chi connectivity index (χ1) is 13.6. The van der Waals surface area contributed by atoms with Crippen molar-refractivity contribution in [1.29, 1.82) is 0 Å². The maximum Gasteiger partial charge on any atom is 0.322 e. The SMILES string of the molecule is NS(=O)(=O)c1ccc(CNC(=S)NC(Cc2cnc[nH]2)C(=O)NCC(=O)O)cc1. The maximum absolute atomic E-state index is 12.3. The van der Waals surface area contributed by atoms with Crippen LogP contribution in [0.5, 0.6) is 0 Å². The summed E-state index contributed by atoms with van der Waals surface area (Å²) < 4.78 is 22.5. The Hall–Kier alpha value is -3.03. The fraction of sp³-hybridized carbons (Fsp3) is 0.250. The number of H-pyrrole nitrogens is 1. The van der Waals surface area contributed by atoms with Crippen LogP contribution in [0.25, 0.3) is 0 Å². The first-order valence-corrected chi connectivity index (χ1v) is 10.2. The Morgan fingerprint density at radius 1 is 1.24 bits per heavy atom. The molecule has 1 atom stereocenters. The number of nitrogens with one attached hydrogen (secondary N) is 4. The highest BCUT2D eigenvalue weighted by atomic mass is 32.2. The number of nitrogens with two attached hydrogens (primary N) is 1. The number of aliphatic carboxylic acids is 1. The number of carboxylic acids is 1. The lowest BCUT2D eigenvalue weighted by atomic mass is 10.1. The second kappa shape index (κ2) is 9.95. The van der Waals surface area contributed by atoms with E-state index in [-0.39, 0.29) is 23.0 Å². The van der Waals surface area contributed by atoms with Gasteiger partial charge < -0.3 is 26.0 Å². The zero-order chi connectivity index (χ0) is 21.4. The number of carbonyl (C=O) groups excluding carboxylic acids is 1. The molecule has 1 amide bonds. The van der Waals surface area contributed by atoms with Gasteiger partial charge in [0.2, 0.25) is 15.9 Å². The standard InChI is InChI=1S/C16H20N6O5S2/c17-29(26,27)12-3-1-10(2-4-12)6-20-16(28)22-13(5-11-7-18-9-21-11)15(25)19-8-14(23)24/h1-4,7,9,13H,5-6,8H2,(H,18,21)(H,19,25)(H,23,24)(H2,17,26,27)(H2,20,22,28). The number of carboxylic acid groups (broad SMARTS) is 1. The lowest BCUT2D eigenvalue weighted by Crippen LogP contribution is -2.51. The summed E-state index contributed by atoms with van der Waals surface area (Å²) in [5, 5.41) is 22.0. The average molecular weight is 441 g/mol. The molecule has 2 rings (SSSR count). The molecule has 29 heavy (non-hydrogen) atoms. The molecule has 0 saturated heterocycles. The molecular weight excluding hydrogens is 420 g/mol. The van der Waals surface area contributed by atoms with Crippen LogP contribution < -0.4 is 21.1 Å². The summed E-state index contributed by atoms with van der Waals surface area (Å²) in [5.41, 5.74) is 1.40. The summed E-state index contributed by atoms with van der Waals surface area (Å²) >= 11 is 5.20. The summed E-state index contributed by atoms with van der Waals surface area (Å²) in [5.74, 6) is -1.70. The Kier molecular flexibility index (Phi) is 7.64. The molecule has 7 N–H and O–H groups in total. The lowest BCUT2D eigenvalue weighted by Gasteiger charge is -2.19. The average Bonchev–Trinajstić information content (AvgIpc) is 3.16. The Bertz CT molecular complexity index is 960. The molecule has 0 aliphatic carbocycles. The number of rotatable bonds is 9. The number of carbonyl (C=O) groups is 2. The molecule has 0 fully saturated rings. The minimum atomic E-state index is -3.77. The van der Waals surface area contributed by atoms with Gasteiger partial charge in [0.15, 0.2) is 5.11 Å². The van der Waals surface area contributed by atoms with Gasteiger partial charge >= 0.3 is 5.97 Å². The largest absolute Gasteiger partial charge is 0.480 e. The summed E-state index contributed by atoms with van der Waals surface area (Å²) in [6.45, 7) is -0.249. The molecule has 0 bridgehead atoms. The van der Waals surface area contributed by atoms with Gasteiger partial charge in [-0.15, -0.1) is 0 Å². The summed E-state index contributed by atoms with van der Waals surface area (Å²) in [7, 11) is -3.77. The van der Waals surface area contributed by atoms with Crippen molar-refractivity contribution in [3.05, 3.63) is 48.0 Å². The highest BCUT2D eigenvalue weighted by Gasteiger charge is 2.21. The number of imidazole rings is 1. The van der Waals surface area contributed by atoms with Crippen LogP contribution in [-0.2, 0) is 32.6 Å². The highest BCUT2D eigenvalue weighted by molar-refractivity contribution is 7.89. The van der Waals surface area contributed by atoms with Crippen molar-refractivity contribution in [3.8, 4) is 0 Å². The molecule has 1 aromatic heterocycles. The molecular formula is C16H20N6O5S2. The van der Waals surface area contributed by atoms with Crippen molar-refractivity contribution in [1.82, 2.24) is 25.9 Å². The van der Waals surface area contributed by atoms with Crippen LogP contribution in [0.2, 0.25) is 0 Å². The van der Waals surface area contributed by atoms with E-state index >= 15 is 0 Å². The van der Waals surface area contributed by atoms with E-state index in [9.17, 15) is 18.0 Å². The van der Waals surface area contributed by atoms with Gasteiger partial charge in [-0.3, -0.25) is 9.59 Å². The van der Waals surface area contributed by atoms with E-state index in [1.807, 2.05) is 0 Å². The number of hydrogen-bond donors (Lipinski definition) is 6. The van der Waals surface area contributed by atoms with E-state index in [0.29, 0.717) is 5.69 Å². The van der Waals surface area contributed by atoms with E-state index in [4.69, 9.17) is 22.5 Å². The first-order valence-electron chi connectivity index (χ1n) is 8.28. The third kappa shape index (κ3) is 7.48. The number of aromatic nitrogens is 2. The number of amides is 1. The highest BCUT2D eigenvalue weighted by Crippen LogP contribution is 2.08.